The third kappa shape index (κ3) is 3.16. The molecule has 136 valence electrons. The normalized spacial score (nSPS) is 11.0. The number of aromatic hydroxyl groups is 1. The first-order chi connectivity index (χ1) is 12.9. The van der Waals surface area contributed by atoms with Gasteiger partial charge in [0.15, 0.2) is 0 Å². The number of nitrogens with zero attached hydrogens (tertiary/aromatic N) is 2. The van der Waals surface area contributed by atoms with Crippen LogP contribution in [0.1, 0.15) is 10.6 Å². The molecule has 27 heavy (non-hydrogen) atoms. The van der Waals surface area contributed by atoms with Crippen LogP contribution in [0.2, 0.25) is 10.0 Å². The van der Waals surface area contributed by atoms with Crippen LogP contribution in [0.25, 0.3) is 16.6 Å². The zero-order chi connectivity index (χ0) is 19.1. The van der Waals surface area contributed by atoms with Crippen LogP contribution >= 0.6 is 23.2 Å². The fourth-order valence-electron chi connectivity index (χ4n) is 2.71. The number of hydrogen-bond acceptors (Lipinski definition) is 5. The van der Waals surface area contributed by atoms with Crippen LogP contribution in [0.3, 0.4) is 0 Å². The number of fused-ring (bicyclic) bond motifs is 1. The number of phenolic OH excluding ortho intramolecular Hbond substituents is 1. The van der Waals surface area contributed by atoms with Crippen LogP contribution in [0.15, 0.2) is 51.9 Å². The number of nitrogens with one attached hydrogen (secondary N) is 2. The highest BCUT2D eigenvalue weighted by atomic mass is 35.5. The van der Waals surface area contributed by atoms with E-state index in [1.54, 1.807) is 29.0 Å². The van der Waals surface area contributed by atoms with E-state index in [4.69, 9.17) is 23.2 Å². The summed E-state index contributed by atoms with van der Waals surface area (Å²) in [6, 6.07) is 9.79. The van der Waals surface area contributed by atoms with Crippen molar-refractivity contribution in [3.8, 4) is 11.4 Å². The molecule has 0 aliphatic heterocycles. The number of rotatable bonds is 3. The molecular weight excluding hydrogens is 395 g/mol. The van der Waals surface area contributed by atoms with E-state index in [1.165, 1.54) is 12.1 Å². The molecule has 0 aliphatic rings. The Hall–Kier alpha value is -3.23. The van der Waals surface area contributed by atoms with Gasteiger partial charge in [0, 0.05) is 17.3 Å². The van der Waals surface area contributed by atoms with Gasteiger partial charge in [0.25, 0.3) is 5.91 Å². The molecule has 0 spiro atoms. The highest BCUT2D eigenvalue weighted by molar-refractivity contribution is 6.38. The minimum absolute atomic E-state index is 0.154. The van der Waals surface area contributed by atoms with E-state index < -0.39 is 11.7 Å². The number of carbonyl (C=O) groups is 1. The Balaban J connectivity index is 1.71. The van der Waals surface area contributed by atoms with E-state index in [0.717, 1.165) is 10.9 Å². The summed E-state index contributed by atoms with van der Waals surface area (Å²) in [7, 11) is 0. The number of halogens is 2. The first kappa shape index (κ1) is 17.2. The summed E-state index contributed by atoms with van der Waals surface area (Å²) in [4.78, 5) is 25.1. The van der Waals surface area contributed by atoms with Crippen molar-refractivity contribution in [2.75, 3.05) is 5.32 Å². The van der Waals surface area contributed by atoms with Gasteiger partial charge in [-0.3, -0.25) is 14.3 Å². The number of aromatic amines is 1. The van der Waals surface area contributed by atoms with Crippen molar-refractivity contribution >= 4 is 45.7 Å². The second-order valence-electron chi connectivity index (χ2n) is 5.62. The first-order valence-electron chi connectivity index (χ1n) is 7.59. The molecule has 2 heterocycles. The number of benzene rings is 2. The Morgan fingerprint density at radius 1 is 1.19 bits per heavy atom. The van der Waals surface area contributed by atoms with Gasteiger partial charge >= 0.3 is 5.76 Å². The molecule has 0 bridgehead atoms. The van der Waals surface area contributed by atoms with Gasteiger partial charge in [-0.15, -0.1) is 0 Å². The van der Waals surface area contributed by atoms with E-state index in [-0.39, 0.29) is 21.6 Å². The Kier molecular flexibility index (Phi) is 4.14. The molecule has 1 amide bonds. The molecule has 0 unspecified atom stereocenters. The van der Waals surface area contributed by atoms with Crippen LogP contribution < -0.4 is 11.1 Å². The molecule has 10 heteroatoms. The molecule has 3 N–H and O–H groups in total. The van der Waals surface area contributed by atoms with Crippen LogP contribution in [0.4, 0.5) is 5.69 Å². The Morgan fingerprint density at radius 2 is 1.93 bits per heavy atom. The predicted molar refractivity (Wildman–Crippen MR) is 100 cm³/mol. The maximum atomic E-state index is 12.1. The minimum Gasteiger partial charge on any atom is -0.508 e. The molecule has 0 radical (unpaired) electrons. The number of phenols is 1. The smallest absolute Gasteiger partial charge is 0.439 e. The maximum absolute atomic E-state index is 12.1. The van der Waals surface area contributed by atoms with Crippen molar-refractivity contribution in [3.63, 3.8) is 0 Å². The van der Waals surface area contributed by atoms with E-state index in [9.17, 15) is 14.7 Å². The van der Waals surface area contributed by atoms with Gasteiger partial charge in [-0.1, -0.05) is 23.2 Å². The lowest BCUT2D eigenvalue weighted by Gasteiger charge is -2.13. The molecule has 2 aromatic heterocycles. The fraction of sp³-hybridized carbons (Fsp3) is 0. The van der Waals surface area contributed by atoms with Gasteiger partial charge in [-0.2, -0.15) is 0 Å². The Bertz CT molecular complexity index is 1220. The van der Waals surface area contributed by atoms with E-state index >= 15 is 0 Å². The van der Waals surface area contributed by atoms with Crippen LogP contribution in [0.5, 0.6) is 5.75 Å². The number of H-pyrrole nitrogens is 1. The first-order valence-corrected chi connectivity index (χ1v) is 8.35. The fourth-order valence-corrected chi connectivity index (χ4v) is 3.38. The molecule has 2 aromatic carbocycles. The molecule has 8 nitrogen and oxygen atoms in total. The van der Waals surface area contributed by atoms with Gasteiger partial charge in [0.05, 0.1) is 21.2 Å². The Labute approximate surface area is 160 Å². The van der Waals surface area contributed by atoms with Crippen molar-refractivity contribution in [1.82, 2.24) is 14.7 Å². The van der Waals surface area contributed by atoms with Gasteiger partial charge in [-0.05, 0) is 41.6 Å². The van der Waals surface area contributed by atoms with Gasteiger partial charge in [-0.25, -0.2) is 4.79 Å². The summed E-state index contributed by atoms with van der Waals surface area (Å²) in [5.41, 5.74) is 1.64. The van der Waals surface area contributed by atoms with Crippen molar-refractivity contribution in [2.45, 2.75) is 0 Å². The molecule has 0 saturated carbocycles. The minimum atomic E-state index is -0.836. The largest absolute Gasteiger partial charge is 0.508 e. The average molecular weight is 405 g/mol. The molecular formula is C17H10Cl2N4O4. The van der Waals surface area contributed by atoms with Gasteiger partial charge in [0.1, 0.15) is 5.75 Å². The summed E-state index contributed by atoms with van der Waals surface area (Å²) in [6.45, 7) is 0. The van der Waals surface area contributed by atoms with E-state index in [1.807, 2.05) is 6.07 Å². The number of anilines is 1. The standard InChI is InChI=1S/C17H10Cl2N4O4/c18-11-6-9(20-16(25)15-21-17(26)27-22-15)7-12(19)14(11)23-4-3-8-5-10(24)1-2-13(8)23/h1-7,24H,(H,20,25)(H,21,22,26). The lowest BCUT2D eigenvalue weighted by atomic mass is 10.2. The molecule has 4 rings (SSSR count). The third-order valence-corrected chi connectivity index (χ3v) is 4.42. The average Bonchev–Trinajstić information content (AvgIpc) is 3.21. The summed E-state index contributed by atoms with van der Waals surface area (Å²) >= 11 is 12.8. The molecule has 0 atom stereocenters. The highest BCUT2D eigenvalue weighted by Gasteiger charge is 2.16. The topological polar surface area (TPSA) is 113 Å². The summed E-state index contributed by atoms with van der Waals surface area (Å²) in [5, 5.41) is 16.8. The van der Waals surface area contributed by atoms with Gasteiger partial charge in [0.2, 0.25) is 5.82 Å². The number of aromatic nitrogens is 3. The van der Waals surface area contributed by atoms with Crippen molar-refractivity contribution < 1.29 is 14.4 Å². The third-order valence-electron chi connectivity index (χ3n) is 3.84. The summed E-state index contributed by atoms with van der Waals surface area (Å²) in [6.07, 6.45) is 1.77. The Morgan fingerprint density at radius 3 is 2.59 bits per heavy atom. The van der Waals surface area contributed by atoms with Crippen molar-refractivity contribution in [2.24, 2.45) is 0 Å². The monoisotopic (exact) mass is 404 g/mol. The summed E-state index contributed by atoms with van der Waals surface area (Å²) in [5.74, 6) is -1.63. The highest BCUT2D eigenvalue weighted by Crippen LogP contribution is 2.35. The second-order valence-corrected chi connectivity index (χ2v) is 6.43. The molecule has 0 saturated heterocycles. The maximum Gasteiger partial charge on any atom is 0.439 e. The van der Waals surface area contributed by atoms with Gasteiger partial charge < -0.3 is 15.0 Å². The lowest BCUT2D eigenvalue weighted by Crippen LogP contribution is -2.15. The number of amides is 1. The molecule has 4 aromatic rings. The lowest BCUT2D eigenvalue weighted by molar-refractivity contribution is 0.101. The SMILES string of the molecule is O=C(Nc1cc(Cl)c(-n2ccc3cc(O)ccc32)c(Cl)c1)c1noc(=O)[nH]1. The number of carbonyl (C=O) groups excluding carboxylic acids is 1. The second kappa shape index (κ2) is 6.49. The van der Waals surface area contributed by atoms with Crippen molar-refractivity contribution in [1.29, 1.82) is 0 Å². The zero-order valence-electron chi connectivity index (χ0n) is 13.4. The van der Waals surface area contributed by atoms with E-state index in [2.05, 4.69) is 20.0 Å². The van der Waals surface area contributed by atoms with Crippen LogP contribution in [-0.4, -0.2) is 25.7 Å². The summed E-state index contributed by atoms with van der Waals surface area (Å²) < 4.78 is 6.07. The van der Waals surface area contributed by atoms with Crippen LogP contribution in [-0.2, 0) is 0 Å². The quantitative estimate of drug-likeness (QED) is 0.482. The zero-order valence-corrected chi connectivity index (χ0v) is 14.9. The molecule has 0 aliphatic carbocycles. The predicted octanol–water partition coefficient (Wildman–Crippen LogP) is 3.57. The van der Waals surface area contributed by atoms with E-state index in [0.29, 0.717) is 11.4 Å². The molecule has 0 fully saturated rings. The van der Waals surface area contributed by atoms with Crippen LogP contribution in [0, 0.1) is 0 Å². The number of hydrogen-bond donors (Lipinski definition) is 3. The van der Waals surface area contributed by atoms with Crippen molar-refractivity contribution in [3.05, 3.63) is 69.0 Å².